The number of para-hydroxylation sites is 1. The van der Waals surface area contributed by atoms with Gasteiger partial charge < -0.3 is 9.92 Å². The van der Waals surface area contributed by atoms with Crippen LogP contribution in [0.25, 0.3) is 0 Å². The lowest BCUT2D eigenvalue weighted by atomic mass is 10.1. The fraction of sp³-hybridized carbons (Fsp3) is 0.455. The average molecular weight is 243 g/mol. The van der Waals surface area contributed by atoms with Crippen LogP contribution in [0.5, 0.6) is 5.75 Å². The van der Waals surface area contributed by atoms with Crippen LogP contribution in [0.3, 0.4) is 0 Å². The van der Waals surface area contributed by atoms with Gasteiger partial charge in [-0.3, -0.25) is 0 Å². The van der Waals surface area contributed by atoms with Crippen molar-refractivity contribution in [2.45, 2.75) is 19.8 Å². The number of hydrogen-bond donors (Lipinski definition) is 1. The van der Waals surface area contributed by atoms with Gasteiger partial charge in [0.2, 0.25) is 0 Å². The highest BCUT2D eigenvalue weighted by Gasteiger charge is 2.11. The topological polar surface area (TPSA) is 69.4 Å². The molecule has 0 heterocycles. The molecule has 90 valence electrons. The zero-order valence-electron chi connectivity index (χ0n) is 9.35. The minimum Gasteiger partial charge on any atom is -0.382 e. The van der Waals surface area contributed by atoms with E-state index in [0.29, 0.717) is 12.3 Å². The first kappa shape index (κ1) is 13.0. The summed E-state index contributed by atoms with van der Waals surface area (Å²) in [6.45, 7) is 2.13. The van der Waals surface area contributed by atoms with Gasteiger partial charge in [0.25, 0.3) is 0 Å². The van der Waals surface area contributed by atoms with Crippen LogP contribution >= 0.6 is 0 Å². The largest absolute Gasteiger partial charge is 0.382 e. The van der Waals surface area contributed by atoms with E-state index in [1.165, 1.54) is 0 Å². The van der Waals surface area contributed by atoms with Crippen molar-refractivity contribution in [1.29, 1.82) is 0 Å². The molecular formula is C11H17NO3S. The van der Waals surface area contributed by atoms with E-state index in [9.17, 15) is 8.42 Å². The molecule has 1 aromatic carbocycles. The lowest BCUT2D eigenvalue weighted by Crippen LogP contribution is -2.12. The summed E-state index contributed by atoms with van der Waals surface area (Å²) in [5, 5.41) is 0. The van der Waals surface area contributed by atoms with Gasteiger partial charge >= 0.3 is 10.1 Å². The number of nitrogens with two attached hydrogens (primary N) is 1. The van der Waals surface area contributed by atoms with Crippen molar-refractivity contribution >= 4 is 10.1 Å². The lowest BCUT2D eigenvalue weighted by molar-refractivity contribution is 0.484. The summed E-state index contributed by atoms with van der Waals surface area (Å²) in [6, 6.07) is 7.14. The summed E-state index contributed by atoms with van der Waals surface area (Å²) < 4.78 is 27.7. The summed E-state index contributed by atoms with van der Waals surface area (Å²) in [5.41, 5.74) is 6.30. The molecule has 0 unspecified atom stereocenters. The van der Waals surface area contributed by atoms with Crippen LogP contribution in [0, 0.1) is 0 Å². The Morgan fingerprint density at radius 3 is 2.62 bits per heavy atom. The van der Waals surface area contributed by atoms with Gasteiger partial charge in [-0.25, -0.2) is 0 Å². The molecule has 0 amide bonds. The Balaban J connectivity index is 2.86. The van der Waals surface area contributed by atoms with Gasteiger partial charge in [-0.1, -0.05) is 18.2 Å². The number of hydrogen-bond acceptors (Lipinski definition) is 4. The summed E-state index contributed by atoms with van der Waals surface area (Å²) in [5.74, 6) is 0.385. The number of rotatable bonds is 6. The highest BCUT2D eigenvalue weighted by atomic mass is 32.2. The second-order valence-corrected chi connectivity index (χ2v) is 5.29. The molecule has 0 aliphatic heterocycles. The fourth-order valence-electron chi connectivity index (χ4n) is 1.28. The molecule has 0 atom stereocenters. The number of aryl methyl sites for hydroxylation is 1. The lowest BCUT2D eigenvalue weighted by Gasteiger charge is -2.09. The standard InChI is InChI=1S/C11H17NO3S/c1-2-16(13,14)15-11-8-4-3-6-10(11)7-5-9-12/h3-4,6,8H,2,5,7,9,12H2,1H3. The zero-order chi connectivity index (χ0) is 12.0. The normalized spacial score (nSPS) is 11.4. The Morgan fingerprint density at radius 1 is 1.31 bits per heavy atom. The first-order chi connectivity index (χ1) is 7.59. The Bertz CT molecular complexity index is 429. The molecular weight excluding hydrogens is 226 g/mol. The van der Waals surface area contributed by atoms with Gasteiger partial charge in [-0.05, 0) is 37.9 Å². The van der Waals surface area contributed by atoms with Crippen molar-refractivity contribution in [3.05, 3.63) is 29.8 Å². The summed E-state index contributed by atoms with van der Waals surface area (Å²) in [7, 11) is -3.45. The second kappa shape index (κ2) is 5.86. The van der Waals surface area contributed by atoms with Crippen LogP contribution in [-0.2, 0) is 16.5 Å². The molecule has 1 aromatic rings. The van der Waals surface area contributed by atoms with E-state index < -0.39 is 10.1 Å². The van der Waals surface area contributed by atoms with Crippen LogP contribution < -0.4 is 9.92 Å². The van der Waals surface area contributed by atoms with E-state index in [1.54, 1.807) is 19.1 Å². The van der Waals surface area contributed by atoms with Crippen molar-refractivity contribution < 1.29 is 12.6 Å². The Labute approximate surface area is 96.5 Å². The molecule has 0 aliphatic carbocycles. The average Bonchev–Trinajstić information content (AvgIpc) is 2.27. The van der Waals surface area contributed by atoms with E-state index in [1.807, 2.05) is 12.1 Å². The molecule has 1 rings (SSSR count). The van der Waals surface area contributed by atoms with Gasteiger partial charge in [0.05, 0.1) is 5.75 Å². The molecule has 4 nitrogen and oxygen atoms in total. The number of benzene rings is 1. The molecule has 0 bridgehead atoms. The molecule has 0 radical (unpaired) electrons. The Kier molecular flexibility index (Phi) is 4.76. The summed E-state index contributed by atoms with van der Waals surface area (Å²) in [4.78, 5) is 0. The first-order valence-electron chi connectivity index (χ1n) is 5.29. The highest BCUT2D eigenvalue weighted by Crippen LogP contribution is 2.21. The second-order valence-electron chi connectivity index (χ2n) is 3.43. The maximum Gasteiger partial charge on any atom is 0.308 e. The Morgan fingerprint density at radius 2 is 2.00 bits per heavy atom. The van der Waals surface area contributed by atoms with Crippen LogP contribution in [0.4, 0.5) is 0 Å². The molecule has 2 N–H and O–H groups in total. The third-order valence-corrected chi connectivity index (χ3v) is 3.33. The van der Waals surface area contributed by atoms with Crippen LogP contribution in [0.1, 0.15) is 18.9 Å². The molecule has 0 aliphatic rings. The van der Waals surface area contributed by atoms with E-state index >= 15 is 0 Å². The van der Waals surface area contributed by atoms with Gasteiger partial charge in [-0.15, -0.1) is 0 Å². The van der Waals surface area contributed by atoms with Crippen LogP contribution in [0.15, 0.2) is 24.3 Å². The molecule has 0 fully saturated rings. The van der Waals surface area contributed by atoms with Crippen molar-refractivity contribution in [1.82, 2.24) is 0 Å². The maximum absolute atomic E-state index is 11.3. The van der Waals surface area contributed by atoms with Crippen molar-refractivity contribution in [3.8, 4) is 5.75 Å². The van der Waals surface area contributed by atoms with Crippen molar-refractivity contribution in [2.24, 2.45) is 5.73 Å². The summed E-state index contributed by atoms with van der Waals surface area (Å²) >= 11 is 0. The van der Waals surface area contributed by atoms with Crippen molar-refractivity contribution in [2.75, 3.05) is 12.3 Å². The molecule has 16 heavy (non-hydrogen) atoms. The predicted octanol–water partition coefficient (Wildman–Crippen LogP) is 1.31. The minimum absolute atomic E-state index is 0.0295. The Hall–Kier alpha value is -1.07. The summed E-state index contributed by atoms with van der Waals surface area (Å²) in [6.07, 6.45) is 1.54. The third-order valence-electron chi connectivity index (χ3n) is 2.19. The van der Waals surface area contributed by atoms with Crippen LogP contribution in [0.2, 0.25) is 0 Å². The zero-order valence-corrected chi connectivity index (χ0v) is 10.2. The van der Waals surface area contributed by atoms with E-state index in [2.05, 4.69) is 0 Å². The molecule has 0 saturated carbocycles. The van der Waals surface area contributed by atoms with Crippen LogP contribution in [-0.4, -0.2) is 20.7 Å². The van der Waals surface area contributed by atoms with Crippen molar-refractivity contribution in [3.63, 3.8) is 0 Å². The SMILES string of the molecule is CCS(=O)(=O)Oc1ccccc1CCCN. The van der Waals surface area contributed by atoms with Gasteiger partial charge in [-0.2, -0.15) is 8.42 Å². The van der Waals surface area contributed by atoms with Gasteiger partial charge in [0.1, 0.15) is 5.75 Å². The van der Waals surface area contributed by atoms with E-state index in [4.69, 9.17) is 9.92 Å². The molecule has 0 saturated heterocycles. The first-order valence-corrected chi connectivity index (χ1v) is 6.87. The smallest absolute Gasteiger partial charge is 0.308 e. The minimum atomic E-state index is -3.45. The predicted molar refractivity (Wildman–Crippen MR) is 63.9 cm³/mol. The van der Waals surface area contributed by atoms with E-state index in [0.717, 1.165) is 18.4 Å². The molecule has 0 spiro atoms. The molecule has 5 heteroatoms. The third kappa shape index (κ3) is 3.83. The monoisotopic (exact) mass is 243 g/mol. The molecule has 0 aromatic heterocycles. The quantitative estimate of drug-likeness (QED) is 0.765. The van der Waals surface area contributed by atoms with Gasteiger partial charge in [0, 0.05) is 0 Å². The van der Waals surface area contributed by atoms with Gasteiger partial charge in [0.15, 0.2) is 0 Å². The van der Waals surface area contributed by atoms with E-state index in [-0.39, 0.29) is 5.75 Å². The highest BCUT2D eigenvalue weighted by molar-refractivity contribution is 7.87. The maximum atomic E-state index is 11.3. The fourth-order valence-corrected chi connectivity index (χ4v) is 1.83.